The van der Waals surface area contributed by atoms with Gasteiger partial charge < -0.3 is 9.84 Å². The fourth-order valence-electron chi connectivity index (χ4n) is 1.49. The lowest BCUT2D eigenvalue weighted by Gasteiger charge is -1.96. The van der Waals surface area contributed by atoms with Crippen LogP contribution < -0.4 is 5.32 Å². The smallest absolute Gasteiger partial charge is 0.237 e. The Labute approximate surface area is 126 Å². The van der Waals surface area contributed by atoms with Crippen LogP contribution in [-0.2, 0) is 12.2 Å². The van der Waals surface area contributed by atoms with E-state index in [1.807, 2.05) is 0 Å². The summed E-state index contributed by atoms with van der Waals surface area (Å²) in [5.74, 6) is 2.58. The zero-order valence-corrected chi connectivity index (χ0v) is 13.6. The second-order valence-electron chi connectivity index (χ2n) is 4.79. The lowest BCUT2D eigenvalue weighted by atomic mass is 10.1. The Morgan fingerprint density at radius 3 is 2.95 bits per heavy atom. The predicted octanol–water partition coefficient (Wildman–Crippen LogP) is 3.23. The Kier molecular flexibility index (Phi) is 5.78. The first-order chi connectivity index (χ1) is 9.67. The molecule has 0 saturated carbocycles. The van der Waals surface area contributed by atoms with Gasteiger partial charge in [0.05, 0.1) is 5.75 Å². The molecule has 0 bridgehead atoms. The molecule has 6 nitrogen and oxygen atoms in total. The number of aromatic nitrogens is 4. The van der Waals surface area contributed by atoms with Crippen LogP contribution in [0, 0.1) is 5.92 Å². The minimum Gasteiger partial charge on any atom is -0.360 e. The van der Waals surface area contributed by atoms with E-state index in [0.717, 1.165) is 34.7 Å². The van der Waals surface area contributed by atoms with Gasteiger partial charge in [0.25, 0.3) is 0 Å². The molecular formula is C12H19N5OS2. The molecule has 20 heavy (non-hydrogen) atoms. The molecule has 0 spiro atoms. The fourth-order valence-corrected chi connectivity index (χ4v) is 3.11. The molecule has 1 N–H and O–H groups in total. The summed E-state index contributed by atoms with van der Waals surface area (Å²) in [6.45, 7) is 7.31. The first kappa shape index (κ1) is 15.2. The molecule has 2 aromatic rings. The zero-order chi connectivity index (χ0) is 14.4. The van der Waals surface area contributed by atoms with E-state index in [1.165, 1.54) is 0 Å². The quantitative estimate of drug-likeness (QED) is 0.750. The van der Waals surface area contributed by atoms with Crippen LogP contribution in [0.3, 0.4) is 0 Å². The van der Waals surface area contributed by atoms with Crippen molar-refractivity contribution >= 4 is 28.2 Å². The number of nitrogens with zero attached hydrogens (tertiary/aromatic N) is 4. The predicted molar refractivity (Wildman–Crippen MR) is 81.1 cm³/mol. The molecule has 110 valence electrons. The van der Waals surface area contributed by atoms with Gasteiger partial charge in [-0.3, -0.25) is 0 Å². The monoisotopic (exact) mass is 313 g/mol. The summed E-state index contributed by atoms with van der Waals surface area (Å²) < 4.78 is 6.13. The molecular weight excluding hydrogens is 294 g/mol. The van der Waals surface area contributed by atoms with Gasteiger partial charge in [0.2, 0.25) is 11.0 Å². The lowest BCUT2D eigenvalue weighted by Crippen LogP contribution is -1.98. The first-order valence-electron chi connectivity index (χ1n) is 6.69. The molecule has 0 amide bonds. The van der Waals surface area contributed by atoms with Crippen molar-refractivity contribution in [3.8, 4) is 0 Å². The van der Waals surface area contributed by atoms with E-state index in [0.29, 0.717) is 17.6 Å². The van der Waals surface area contributed by atoms with Gasteiger partial charge in [-0.05, 0) is 12.3 Å². The number of rotatable bonds is 8. The van der Waals surface area contributed by atoms with E-state index in [2.05, 4.69) is 46.4 Å². The van der Waals surface area contributed by atoms with E-state index in [1.54, 1.807) is 23.1 Å². The maximum atomic E-state index is 5.22. The Hall–Kier alpha value is -1.15. The summed E-state index contributed by atoms with van der Waals surface area (Å²) in [6, 6.07) is 0. The standard InChI is InChI=1S/C12H19N5OS2/c1-4-5-13-11-15-16-12(20-11)19-7-10-14-9(17-18-10)6-8(2)3/h8H,4-7H2,1-3H3,(H,13,15). The van der Waals surface area contributed by atoms with E-state index in [4.69, 9.17) is 4.52 Å². The molecule has 8 heteroatoms. The average Bonchev–Trinajstić information content (AvgIpc) is 3.02. The summed E-state index contributed by atoms with van der Waals surface area (Å²) in [5.41, 5.74) is 0. The maximum Gasteiger partial charge on any atom is 0.237 e. The summed E-state index contributed by atoms with van der Waals surface area (Å²) >= 11 is 3.12. The Balaban J connectivity index is 1.82. The minimum atomic E-state index is 0.531. The van der Waals surface area contributed by atoms with E-state index < -0.39 is 0 Å². The Morgan fingerprint density at radius 1 is 1.35 bits per heavy atom. The minimum absolute atomic E-state index is 0.531. The highest BCUT2D eigenvalue weighted by Gasteiger charge is 2.10. The largest absolute Gasteiger partial charge is 0.360 e. The van der Waals surface area contributed by atoms with Crippen LogP contribution in [0.1, 0.15) is 38.9 Å². The van der Waals surface area contributed by atoms with E-state index in [-0.39, 0.29) is 0 Å². The van der Waals surface area contributed by atoms with Crippen LogP contribution in [0.25, 0.3) is 0 Å². The fraction of sp³-hybridized carbons (Fsp3) is 0.667. The summed E-state index contributed by atoms with van der Waals surface area (Å²) in [7, 11) is 0. The first-order valence-corrected chi connectivity index (χ1v) is 8.49. The molecule has 0 aliphatic carbocycles. The molecule has 0 aliphatic heterocycles. The number of thioether (sulfide) groups is 1. The molecule has 2 rings (SSSR count). The molecule has 2 aromatic heterocycles. The molecule has 0 aliphatic rings. The molecule has 0 aromatic carbocycles. The summed E-state index contributed by atoms with van der Waals surface area (Å²) in [4.78, 5) is 4.36. The Bertz CT molecular complexity index is 525. The van der Waals surface area contributed by atoms with Crippen molar-refractivity contribution in [3.63, 3.8) is 0 Å². The van der Waals surface area contributed by atoms with Crippen molar-refractivity contribution < 1.29 is 4.52 Å². The normalized spacial score (nSPS) is 11.2. The number of hydrogen-bond donors (Lipinski definition) is 1. The topological polar surface area (TPSA) is 76.7 Å². The SMILES string of the molecule is CCCNc1nnc(SCc2nc(CC(C)C)no2)s1. The van der Waals surface area contributed by atoms with Gasteiger partial charge in [0.15, 0.2) is 10.2 Å². The van der Waals surface area contributed by atoms with Gasteiger partial charge in [0.1, 0.15) is 0 Å². The Morgan fingerprint density at radius 2 is 2.20 bits per heavy atom. The van der Waals surface area contributed by atoms with Crippen molar-refractivity contribution in [3.05, 3.63) is 11.7 Å². The third-order valence-corrected chi connectivity index (χ3v) is 4.35. The maximum absolute atomic E-state index is 5.22. The highest BCUT2D eigenvalue weighted by Crippen LogP contribution is 2.27. The molecule has 0 saturated heterocycles. The van der Waals surface area contributed by atoms with Crippen LogP contribution in [0.15, 0.2) is 8.86 Å². The highest BCUT2D eigenvalue weighted by molar-refractivity contribution is 8.00. The number of anilines is 1. The molecule has 2 heterocycles. The van der Waals surface area contributed by atoms with Crippen molar-refractivity contribution in [2.45, 2.75) is 43.7 Å². The van der Waals surface area contributed by atoms with Gasteiger partial charge in [0, 0.05) is 13.0 Å². The lowest BCUT2D eigenvalue weighted by molar-refractivity contribution is 0.382. The molecule has 0 atom stereocenters. The van der Waals surface area contributed by atoms with E-state index >= 15 is 0 Å². The van der Waals surface area contributed by atoms with Gasteiger partial charge in [-0.25, -0.2) is 0 Å². The van der Waals surface area contributed by atoms with Crippen LogP contribution in [0.5, 0.6) is 0 Å². The van der Waals surface area contributed by atoms with Crippen LogP contribution in [-0.4, -0.2) is 26.9 Å². The van der Waals surface area contributed by atoms with Crippen LogP contribution >= 0.6 is 23.1 Å². The second-order valence-corrected chi connectivity index (χ2v) is 6.99. The third kappa shape index (κ3) is 4.75. The molecule has 0 unspecified atom stereocenters. The third-order valence-electron chi connectivity index (χ3n) is 2.35. The molecule has 0 fully saturated rings. The van der Waals surface area contributed by atoms with Crippen molar-refractivity contribution in [1.29, 1.82) is 0 Å². The van der Waals surface area contributed by atoms with Gasteiger partial charge in [-0.1, -0.05) is 49.0 Å². The zero-order valence-electron chi connectivity index (χ0n) is 11.9. The van der Waals surface area contributed by atoms with Crippen molar-refractivity contribution in [2.24, 2.45) is 5.92 Å². The van der Waals surface area contributed by atoms with Crippen LogP contribution in [0.2, 0.25) is 0 Å². The van der Waals surface area contributed by atoms with Gasteiger partial charge in [-0.15, -0.1) is 10.2 Å². The average molecular weight is 313 g/mol. The second kappa shape index (κ2) is 7.58. The summed E-state index contributed by atoms with van der Waals surface area (Å²) in [5, 5.41) is 16.2. The highest BCUT2D eigenvalue weighted by atomic mass is 32.2. The number of nitrogens with one attached hydrogen (secondary N) is 1. The summed E-state index contributed by atoms with van der Waals surface area (Å²) in [6.07, 6.45) is 1.92. The molecule has 0 radical (unpaired) electrons. The van der Waals surface area contributed by atoms with Crippen LogP contribution in [0.4, 0.5) is 5.13 Å². The van der Waals surface area contributed by atoms with Gasteiger partial charge in [-0.2, -0.15) is 4.98 Å². The number of hydrogen-bond acceptors (Lipinski definition) is 8. The van der Waals surface area contributed by atoms with Gasteiger partial charge >= 0.3 is 0 Å². The van der Waals surface area contributed by atoms with E-state index in [9.17, 15) is 0 Å². The van der Waals surface area contributed by atoms with Crippen molar-refractivity contribution in [2.75, 3.05) is 11.9 Å². The van der Waals surface area contributed by atoms with Crippen molar-refractivity contribution in [1.82, 2.24) is 20.3 Å².